The minimum absolute atomic E-state index is 0.0113. The van der Waals surface area contributed by atoms with E-state index in [1.54, 1.807) is 20.8 Å². The molecule has 0 spiro atoms. The number of carbonyl (C=O) groups excluding carboxylic acids is 1. The molecule has 7 nitrogen and oxygen atoms in total. The number of hydrogen-bond acceptors (Lipinski definition) is 6. The van der Waals surface area contributed by atoms with Crippen molar-refractivity contribution in [1.82, 2.24) is 4.90 Å². The SMILES string of the molecule is CN(CC(O)c1ccc(OS(=O)(=O)c2c(Cl)cccc2Cl)cc1)C(=O)OC(C)(C)C. The Balaban J connectivity index is 2.08. The number of ether oxygens (including phenoxy) is 1. The summed E-state index contributed by atoms with van der Waals surface area (Å²) in [6, 6.07) is 10.1. The zero-order valence-corrected chi connectivity index (χ0v) is 19.3. The summed E-state index contributed by atoms with van der Waals surface area (Å²) in [5.41, 5.74) is -0.184. The standard InChI is InChI=1S/C20H23Cl2NO6S/c1-20(2,3)28-19(25)23(4)12-17(24)13-8-10-14(11-9-13)29-30(26,27)18-15(21)6-5-7-16(18)22/h5-11,17,24H,12H2,1-4H3. The number of nitrogens with zero attached hydrogens (tertiary/aromatic N) is 1. The minimum Gasteiger partial charge on any atom is -0.444 e. The molecule has 0 saturated carbocycles. The first-order chi connectivity index (χ1) is 13.8. The Hall–Kier alpha value is -2.00. The zero-order valence-electron chi connectivity index (χ0n) is 16.9. The van der Waals surface area contributed by atoms with Crippen molar-refractivity contribution >= 4 is 39.4 Å². The van der Waals surface area contributed by atoms with E-state index in [1.165, 1.54) is 54.4 Å². The lowest BCUT2D eigenvalue weighted by molar-refractivity contribution is 0.0205. The summed E-state index contributed by atoms with van der Waals surface area (Å²) in [4.78, 5) is 12.9. The van der Waals surface area contributed by atoms with Gasteiger partial charge in [0.2, 0.25) is 0 Å². The second-order valence-corrected chi connectivity index (χ2v) is 9.83. The minimum atomic E-state index is -4.25. The van der Waals surface area contributed by atoms with Crippen LogP contribution in [0.1, 0.15) is 32.4 Å². The Labute approximate surface area is 186 Å². The van der Waals surface area contributed by atoms with Gasteiger partial charge in [-0.25, -0.2) is 4.79 Å². The van der Waals surface area contributed by atoms with E-state index in [0.717, 1.165) is 0 Å². The highest BCUT2D eigenvalue weighted by Gasteiger charge is 2.25. The normalized spacial score (nSPS) is 12.9. The molecule has 0 bridgehead atoms. The number of rotatable bonds is 6. The van der Waals surface area contributed by atoms with Crippen molar-refractivity contribution in [3.63, 3.8) is 0 Å². The van der Waals surface area contributed by atoms with Crippen LogP contribution in [0.4, 0.5) is 4.79 Å². The van der Waals surface area contributed by atoms with E-state index in [2.05, 4.69) is 0 Å². The third-order valence-corrected chi connectivity index (χ3v) is 6.00. The molecule has 1 amide bonds. The molecule has 0 aliphatic heterocycles. The number of likely N-dealkylation sites (N-methyl/N-ethyl adjacent to an activating group) is 1. The van der Waals surface area contributed by atoms with Gasteiger partial charge in [-0.2, -0.15) is 8.42 Å². The highest BCUT2D eigenvalue weighted by Crippen LogP contribution is 2.31. The van der Waals surface area contributed by atoms with Gasteiger partial charge in [-0.3, -0.25) is 0 Å². The molecule has 2 rings (SSSR count). The summed E-state index contributed by atoms with van der Waals surface area (Å²) < 4.78 is 35.3. The summed E-state index contributed by atoms with van der Waals surface area (Å²) in [6.45, 7) is 5.23. The van der Waals surface area contributed by atoms with Gasteiger partial charge in [0.1, 0.15) is 16.2 Å². The molecule has 2 aromatic rings. The van der Waals surface area contributed by atoms with Crippen molar-refractivity contribution in [2.45, 2.75) is 37.4 Å². The van der Waals surface area contributed by atoms with E-state index < -0.39 is 27.9 Å². The molecular weight excluding hydrogens is 453 g/mol. The predicted octanol–water partition coefficient (Wildman–Crippen LogP) is 4.66. The van der Waals surface area contributed by atoms with Gasteiger partial charge in [0.05, 0.1) is 22.7 Å². The van der Waals surface area contributed by atoms with Gasteiger partial charge < -0.3 is 18.9 Å². The Kier molecular flexibility index (Phi) is 7.63. The average Bonchev–Trinajstić information content (AvgIpc) is 2.60. The molecule has 0 saturated heterocycles. The Morgan fingerprint density at radius 2 is 1.63 bits per heavy atom. The second kappa shape index (κ2) is 9.43. The summed E-state index contributed by atoms with van der Waals surface area (Å²) in [5, 5.41) is 10.3. The molecule has 164 valence electrons. The fourth-order valence-corrected chi connectivity index (χ4v) is 4.44. The lowest BCUT2D eigenvalue weighted by Gasteiger charge is -2.26. The third-order valence-electron chi connectivity index (χ3n) is 3.79. The molecule has 1 atom stereocenters. The predicted molar refractivity (Wildman–Crippen MR) is 115 cm³/mol. The lowest BCUT2D eigenvalue weighted by atomic mass is 10.1. The van der Waals surface area contributed by atoms with Crippen molar-refractivity contribution in [2.75, 3.05) is 13.6 Å². The maximum Gasteiger partial charge on any atom is 0.410 e. The first kappa shape index (κ1) is 24.3. The van der Waals surface area contributed by atoms with Crippen LogP contribution in [0.2, 0.25) is 10.0 Å². The molecule has 0 aliphatic carbocycles. The Bertz CT molecular complexity index is 983. The van der Waals surface area contributed by atoms with Gasteiger partial charge in [-0.1, -0.05) is 41.4 Å². The van der Waals surface area contributed by atoms with E-state index in [-0.39, 0.29) is 27.2 Å². The van der Waals surface area contributed by atoms with E-state index >= 15 is 0 Å². The zero-order chi connectivity index (χ0) is 22.7. The molecule has 1 N–H and O–H groups in total. The number of hydrogen-bond donors (Lipinski definition) is 1. The Morgan fingerprint density at radius 3 is 2.13 bits per heavy atom. The fraction of sp³-hybridized carbons (Fsp3) is 0.350. The fourth-order valence-electron chi connectivity index (χ4n) is 2.41. The first-order valence-corrected chi connectivity index (χ1v) is 11.1. The number of aliphatic hydroxyl groups is 1. The quantitative estimate of drug-likeness (QED) is 0.610. The van der Waals surface area contributed by atoms with Crippen LogP contribution in [0, 0.1) is 0 Å². The molecule has 0 radical (unpaired) electrons. The summed E-state index contributed by atoms with van der Waals surface area (Å²) in [5.74, 6) is 0.0161. The van der Waals surface area contributed by atoms with Gasteiger partial charge in [0.25, 0.3) is 0 Å². The van der Waals surface area contributed by atoms with Crippen LogP contribution in [-0.4, -0.2) is 43.7 Å². The monoisotopic (exact) mass is 475 g/mol. The van der Waals surface area contributed by atoms with Gasteiger partial charge in [-0.15, -0.1) is 0 Å². The highest BCUT2D eigenvalue weighted by atomic mass is 35.5. The molecule has 2 aromatic carbocycles. The summed E-state index contributed by atoms with van der Waals surface area (Å²) in [6.07, 6.45) is -1.57. The Morgan fingerprint density at radius 1 is 1.10 bits per heavy atom. The van der Waals surface area contributed by atoms with Crippen LogP contribution in [0.25, 0.3) is 0 Å². The second-order valence-electron chi connectivity index (χ2n) is 7.53. The lowest BCUT2D eigenvalue weighted by Crippen LogP contribution is -2.36. The molecule has 30 heavy (non-hydrogen) atoms. The van der Waals surface area contributed by atoms with Crippen LogP contribution in [0.15, 0.2) is 47.4 Å². The van der Waals surface area contributed by atoms with Crippen molar-refractivity contribution in [2.24, 2.45) is 0 Å². The number of aliphatic hydroxyl groups excluding tert-OH is 1. The first-order valence-electron chi connectivity index (χ1n) is 8.91. The van der Waals surface area contributed by atoms with E-state index in [9.17, 15) is 18.3 Å². The molecular formula is C20H23Cl2NO6S. The molecule has 10 heteroatoms. The van der Waals surface area contributed by atoms with E-state index in [4.69, 9.17) is 32.1 Å². The maximum absolute atomic E-state index is 12.5. The van der Waals surface area contributed by atoms with Crippen LogP contribution in [0.5, 0.6) is 5.75 Å². The molecule has 0 heterocycles. The topological polar surface area (TPSA) is 93.1 Å². The van der Waals surface area contributed by atoms with Crippen molar-refractivity contribution < 1.29 is 27.2 Å². The maximum atomic E-state index is 12.5. The number of carbonyl (C=O) groups is 1. The van der Waals surface area contributed by atoms with Gasteiger partial charge in [0.15, 0.2) is 0 Å². The molecule has 0 fully saturated rings. The van der Waals surface area contributed by atoms with Crippen molar-refractivity contribution in [1.29, 1.82) is 0 Å². The summed E-state index contributed by atoms with van der Waals surface area (Å²) >= 11 is 11.9. The largest absolute Gasteiger partial charge is 0.444 e. The third kappa shape index (κ3) is 6.50. The number of benzene rings is 2. The average molecular weight is 476 g/mol. The van der Waals surface area contributed by atoms with Crippen LogP contribution < -0.4 is 4.18 Å². The number of amides is 1. The van der Waals surface area contributed by atoms with Gasteiger partial charge >= 0.3 is 16.2 Å². The number of halogens is 2. The van der Waals surface area contributed by atoms with Crippen LogP contribution in [0.3, 0.4) is 0 Å². The van der Waals surface area contributed by atoms with Crippen molar-refractivity contribution in [3.8, 4) is 5.75 Å². The van der Waals surface area contributed by atoms with Crippen LogP contribution >= 0.6 is 23.2 Å². The van der Waals surface area contributed by atoms with Crippen LogP contribution in [-0.2, 0) is 14.9 Å². The van der Waals surface area contributed by atoms with E-state index in [1.807, 2.05) is 0 Å². The summed E-state index contributed by atoms with van der Waals surface area (Å²) in [7, 11) is -2.74. The highest BCUT2D eigenvalue weighted by molar-refractivity contribution is 7.87. The van der Waals surface area contributed by atoms with Gasteiger partial charge in [0, 0.05) is 7.05 Å². The molecule has 1 unspecified atom stereocenters. The van der Waals surface area contributed by atoms with Crippen molar-refractivity contribution in [3.05, 3.63) is 58.1 Å². The molecule has 0 aliphatic rings. The van der Waals surface area contributed by atoms with Gasteiger partial charge in [-0.05, 0) is 50.6 Å². The smallest absolute Gasteiger partial charge is 0.410 e. The molecule has 0 aromatic heterocycles. The van der Waals surface area contributed by atoms with E-state index in [0.29, 0.717) is 5.56 Å².